The van der Waals surface area contributed by atoms with Crippen molar-refractivity contribution in [3.8, 4) is 0 Å². The molecule has 1 aromatic rings. The lowest BCUT2D eigenvalue weighted by Gasteiger charge is -2.11. The third kappa shape index (κ3) is 4.48. The summed E-state index contributed by atoms with van der Waals surface area (Å²) in [4.78, 5) is 34.5. The molecule has 0 aliphatic carbocycles. The van der Waals surface area contributed by atoms with Crippen LogP contribution < -0.4 is 11.2 Å². The summed E-state index contributed by atoms with van der Waals surface area (Å²) in [6, 6.07) is 0.610. The number of rotatable bonds is 7. The highest BCUT2D eigenvalue weighted by Gasteiger charge is 2.21. The Morgan fingerprint density at radius 2 is 1.95 bits per heavy atom. The predicted octanol–water partition coefficient (Wildman–Crippen LogP) is -0.0626. The minimum atomic E-state index is -0.830. The fraction of sp³-hybridized carbons (Fsp3) is 0.462. The van der Waals surface area contributed by atoms with E-state index in [1.54, 1.807) is 6.92 Å². The highest BCUT2D eigenvalue weighted by Crippen LogP contribution is 2.16. The van der Waals surface area contributed by atoms with Crippen molar-refractivity contribution in [1.29, 1.82) is 0 Å². The minimum Gasteiger partial charge on any atom is -0.465 e. The van der Waals surface area contributed by atoms with Crippen molar-refractivity contribution in [3.63, 3.8) is 0 Å². The summed E-state index contributed by atoms with van der Waals surface area (Å²) in [6.07, 6.45) is -0.151. The lowest BCUT2D eigenvalue weighted by Crippen LogP contribution is -2.31. The van der Waals surface area contributed by atoms with Crippen molar-refractivity contribution in [3.05, 3.63) is 23.0 Å². The number of aromatic nitrogens is 1. The molecule has 0 saturated heterocycles. The van der Waals surface area contributed by atoms with E-state index in [-0.39, 0.29) is 25.2 Å². The molecule has 0 spiro atoms. The van der Waals surface area contributed by atoms with Crippen molar-refractivity contribution in [2.24, 2.45) is 5.73 Å². The van der Waals surface area contributed by atoms with Gasteiger partial charge in [0.05, 0.1) is 37.1 Å². The summed E-state index contributed by atoms with van der Waals surface area (Å²) in [7, 11) is 2.72. The van der Waals surface area contributed by atoms with Crippen molar-refractivity contribution in [2.75, 3.05) is 32.9 Å². The van der Waals surface area contributed by atoms with Crippen LogP contribution in [0.25, 0.3) is 0 Å². The molecular formula is C13H19N3O6. The summed E-state index contributed by atoms with van der Waals surface area (Å²) in [5.74, 6) is -1.12. The van der Waals surface area contributed by atoms with Gasteiger partial charge in [-0.1, -0.05) is 0 Å². The average Bonchev–Trinajstić information content (AvgIpc) is 2.75. The van der Waals surface area contributed by atoms with Crippen LogP contribution in [0.15, 0.2) is 6.07 Å². The topological polar surface area (TPSA) is 122 Å². The zero-order valence-electron chi connectivity index (χ0n) is 12.7. The SMILES string of the molecule is COCCOC(=O)Cc1cc(C(=O)OC)c(C)n1NC(N)=O. The maximum Gasteiger partial charge on any atom is 0.339 e. The molecule has 0 unspecified atom stereocenters. The Labute approximate surface area is 127 Å². The van der Waals surface area contributed by atoms with Crippen LogP contribution in [-0.2, 0) is 25.4 Å². The van der Waals surface area contributed by atoms with E-state index in [2.05, 4.69) is 10.2 Å². The van der Waals surface area contributed by atoms with Crippen molar-refractivity contribution in [2.45, 2.75) is 13.3 Å². The van der Waals surface area contributed by atoms with Crippen LogP contribution in [0.3, 0.4) is 0 Å². The molecule has 0 aliphatic rings. The molecule has 2 amide bonds. The number of urea groups is 1. The first-order valence-electron chi connectivity index (χ1n) is 6.41. The number of carbonyl (C=O) groups is 3. The number of primary amides is 1. The first kappa shape index (κ1) is 17.5. The van der Waals surface area contributed by atoms with Crippen molar-refractivity contribution < 1.29 is 28.6 Å². The highest BCUT2D eigenvalue weighted by atomic mass is 16.6. The van der Waals surface area contributed by atoms with E-state index >= 15 is 0 Å². The van der Waals surface area contributed by atoms with Gasteiger partial charge in [-0.2, -0.15) is 0 Å². The maximum atomic E-state index is 11.7. The van der Waals surface area contributed by atoms with E-state index in [9.17, 15) is 14.4 Å². The van der Waals surface area contributed by atoms with Crippen LogP contribution >= 0.6 is 0 Å². The number of esters is 2. The van der Waals surface area contributed by atoms with Gasteiger partial charge in [-0.25, -0.2) is 15.0 Å². The van der Waals surface area contributed by atoms with E-state index < -0.39 is 18.0 Å². The van der Waals surface area contributed by atoms with Crippen molar-refractivity contribution >= 4 is 18.0 Å². The Morgan fingerprint density at radius 3 is 2.50 bits per heavy atom. The van der Waals surface area contributed by atoms with E-state index in [0.29, 0.717) is 11.4 Å². The molecule has 0 bridgehead atoms. The molecule has 1 aromatic heterocycles. The molecular weight excluding hydrogens is 294 g/mol. The molecule has 9 heteroatoms. The molecule has 0 aromatic carbocycles. The van der Waals surface area contributed by atoms with E-state index in [0.717, 1.165) is 0 Å². The quantitative estimate of drug-likeness (QED) is 0.537. The molecule has 1 heterocycles. The van der Waals surface area contributed by atoms with Crippen LogP contribution in [0.5, 0.6) is 0 Å². The number of amides is 2. The Balaban J connectivity index is 2.98. The second-order valence-electron chi connectivity index (χ2n) is 4.33. The zero-order chi connectivity index (χ0) is 16.7. The van der Waals surface area contributed by atoms with Gasteiger partial charge in [-0.15, -0.1) is 0 Å². The third-order valence-electron chi connectivity index (χ3n) is 2.83. The predicted molar refractivity (Wildman–Crippen MR) is 76.0 cm³/mol. The minimum absolute atomic E-state index is 0.113. The molecule has 0 aliphatic heterocycles. The third-order valence-corrected chi connectivity index (χ3v) is 2.83. The van der Waals surface area contributed by atoms with Gasteiger partial charge in [0.1, 0.15) is 6.61 Å². The molecule has 9 nitrogen and oxygen atoms in total. The molecule has 3 N–H and O–H groups in total. The molecule has 0 atom stereocenters. The molecule has 0 saturated carbocycles. The first-order chi connectivity index (χ1) is 10.4. The number of nitrogens with zero attached hydrogens (tertiary/aromatic N) is 1. The number of methoxy groups -OCH3 is 2. The van der Waals surface area contributed by atoms with Gasteiger partial charge in [0.15, 0.2) is 0 Å². The van der Waals surface area contributed by atoms with Gasteiger partial charge in [-0.3, -0.25) is 9.47 Å². The number of nitrogens with two attached hydrogens (primary N) is 1. The average molecular weight is 313 g/mol. The number of carbonyl (C=O) groups excluding carboxylic acids is 3. The monoisotopic (exact) mass is 313 g/mol. The largest absolute Gasteiger partial charge is 0.465 e. The van der Waals surface area contributed by atoms with Gasteiger partial charge >= 0.3 is 18.0 Å². The lowest BCUT2D eigenvalue weighted by atomic mass is 10.2. The van der Waals surface area contributed by atoms with Gasteiger partial charge in [0.25, 0.3) is 0 Å². The van der Waals surface area contributed by atoms with Crippen LogP contribution in [0.4, 0.5) is 4.79 Å². The molecule has 1 rings (SSSR count). The fourth-order valence-corrected chi connectivity index (χ4v) is 1.82. The number of ether oxygens (including phenoxy) is 3. The van der Waals surface area contributed by atoms with Crippen LogP contribution in [0, 0.1) is 6.92 Å². The van der Waals surface area contributed by atoms with Gasteiger partial charge in [-0.05, 0) is 13.0 Å². The summed E-state index contributed by atoms with van der Waals surface area (Å²) in [6.45, 7) is 1.98. The highest BCUT2D eigenvalue weighted by molar-refractivity contribution is 5.92. The van der Waals surface area contributed by atoms with Gasteiger partial charge < -0.3 is 19.9 Å². The number of hydrogen-bond acceptors (Lipinski definition) is 6. The van der Waals surface area contributed by atoms with E-state index in [1.807, 2.05) is 0 Å². The maximum absolute atomic E-state index is 11.7. The summed E-state index contributed by atoms with van der Waals surface area (Å²) >= 11 is 0. The van der Waals surface area contributed by atoms with Crippen LogP contribution in [0.2, 0.25) is 0 Å². The first-order valence-corrected chi connectivity index (χ1v) is 6.41. The summed E-state index contributed by atoms with van der Waals surface area (Å²) in [5, 5.41) is 0. The lowest BCUT2D eigenvalue weighted by molar-refractivity contribution is -0.144. The molecule has 0 fully saturated rings. The summed E-state index contributed by atoms with van der Waals surface area (Å²) < 4.78 is 15.6. The normalized spacial score (nSPS) is 10.1. The Kier molecular flexibility index (Phi) is 6.39. The van der Waals surface area contributed by atoms with Crippen molar-refractivity contribution in [1.82, 2.24) is 4.68 Å². The fourth-order valence-electron chi connectivity index (χ4n) is 1.82. The van der Waals surface area contributed by atoms with Gasteiger partial charge in [0.2, 0.25) is 0 Å². The molecule has 22 heavy (non-hydrogen) atoms. The number of nitrogens with one attached hydrogen (secondary N) is 1. The van der Waals surface area contributed by atoms with E-state index in [4.69, 9.17) is 15.2 Å². The zero-order valence-corrected chi connectivity index (χ0v) is 12.7. The standard InChI is InChI=1S/C13H19N3O6/c1-8-10(12(18)21-3)6-9(16(8)15-13(14)19)7-11(17)22-5-4-20-2/h6H,4-5,7H2,1-3H3,(H3,14,15,19). The van der Waals surface area contributed by atoms with Crippen LogP contribution in [-0.4, -0.2) is 50.1 Å². The smallest absolute Gasteiger partial charge is 0.339 e. The Hall–Kier alpha value is -2.55. The second kappa shape index (κ2) is 8.03. The Bertz CT molecular complexity index is 566. The Morgan fingerprint density at radius 1 is 1.27 bits per heavy atom. The second-order valence-corrected chi connectivity index (χ2v) is 4.33. The van der Waals surface area contributed by atoms with Gasteiger partial charge in [0, 0.05) is 7.11 Å². The number of hydrogen-bond donors (Lipinski definition) is 2. The molecule has 0 radical (unpaired) electrons. The van der Waals surface area contributed by atoms with Crippen LogP contribution in [0.1, 0.15) is 21.7 Å². The summed E-state index contributed by atoms with van der Waals surface area (Å²) in [5.41, 5.74) is 8.38. The molecule has 122 valence electrons. The van der Waals surface area contributed by atoms with E-state index in [1.165, 1.54) is 25.0 Å².